The van der Waals surface area contributed by atoms with Gasteiger partial charge in [0.1, 0.15) is 5.70 Å². The molecule has 0 saturated heterocycles. The molecule has 0 radical (unpaired) electrons. The third kappa shape index (κ3) is 2.23. The number of carbonyl (C=O) groups excluding carboxylic acids is 2. The molecule has 0 unspecified atom stereocenters. The molecule has 122 valence electrons. The SMILES string of the molecule is N#[N+]C1=c2ccc(=c3cccc4c3=CC=C(N=N)C4=O)cc2C=CC1=O. The van der Waals surface area contributed by atoms with Crippen molar-refractivity contribution in [2.45, 2.75) is 0 Å². The molecular formula is C20H11N4O2+. The summed E-state index contributed by atoms with van der Waals surface area (Å²) in [5.41, 5.74) is 8.46. The van der Waals surface area contributed by atoms with Gasteiger partial charge in [0.15, 0.2) is 4.98 Å². The molecule has 0 aliphatic heterocycles. The minimum atomic E-state index is -0.347. The Balaban J connectivity index is 2.14. The summed E-state index contributed by atoms with van der Waals surface area (Å²) in [6.07, 6.45) is 6.35. The second kappa shape index (κ2) is 5.83. The minimum absolute atomic E-state index is 0.00973. The number of diazo groups is 1. The Hall–Kier alpha value is -3.98. The van der Waals surface area contributed by atoms with Crippen molar-refractivity contribution in [1.29, 1.82) is 10.9 Å². The van der Waals surface area contributed by atoms with E-state index in [1.165, 1.54) is 12.2 Å². The van der Waals surface area contributed by atoms with E-state index in [1.54, 1.807) is 30.4 Å². The number of Topliss-reactive ketones (excluding diaryl/α,β-unsaturated/α-hetero) is 1. The highest BCUT2D eigenvalue weighted by Crippen LogP contribution is 2.13. The molecule has 1 N–H and O–H groups in total. The number of fused-ring (bicyclic) bond motifs is 2. The number of nitrogens with one attached hydrogen (secondary N) is 1. The Labute approximate surface area is 146 Å². The van der Waals surface area contributed by atoms with Crippen LogP contribution >= 0.6 is 0 Å². The summed E-state index contributed by atoms with van der Waals surface area (Å²) in [5, 5.41) is 15.4. The number of nitrogens with zero attached hydrogens (tertiary/aromatic N) is 3. The van der Waals surface area contributed by atoms with E-state index in [-0.39, 0.29) is 23.0 Å². The van der Waals surface area contributed by atoms with Crippen LogP contribution in [0, 0.1) is 21.4 Å². The van der Waals surface area contributed by atoms with Crippen LogP contribution in [0.4, 0.5) is 0 Å². The van der Waals surface area contributed by atoms with Crippen molar-refractivity contribution in [3.05, 3.63) is 91.2 Å². The molecule has 0 aromatic heterocycles. The highest BCUT2D eigenvalue weighted by molar-refractivity contribution is 6.25. The number of hydrogen-bond acceptors (Lipinski definition) is 5. The zero-order valence-corrected chi connectivity index (χ0v) is 13.4. The zero-order chi connectivity index (χ0) is 18.3. The predicted octanol–water partition coefficient (Wildman–Crippen LogP) is 2.42. The number of rotatable bonds is 1. The summed E-state index contributed by atoms with van der Waals surface area (Å²) in [6.45, 7) is 0. The first-order chi connectivity index (χ1) is 12.6. The Morgan fingerprint density at radius 1 is 1.00 bits per heavy atom. The molecule has 0 heterocycles. The molecule has 0 spiro atoms. The number of carbonyl (C=O) groups is 2. The van der Waals surface area contributed by atoms with Crippen molar-refractivity contribution in [2.75, 3.05) is 0 Å². The molecule has 2 aliphatic rings. The summed E-state index contributed by atoms with van der Waals surface area (Å²) in [4.78, 5) is 27.3. The quantitative estimate of drug-likeness (QED) is 0.638. The average molecular weight is 339 g/mol. The summed E-state index contributed by atoms with van der Waals surface area (Å²) >= 11 is 0. The fourth-order valence-corrected chi connectivity index (χ4v) is 3.22. The predicted molar refractivity (Wildman–Crippen MR) is 94.4 cm³/mol. The Morgan fingerprint density at radius 2 is 1.85 bits per heavy atom. The van der Waals surface area contributed by atoms with Gasteiger partial charge in [-0.05, 0) is 51.6 Å². The Kier molecular flexibility index (Phi) is 3.48. The van der Waals surface area contributed by atoms with Gasteiger partial charge in [-0.1, -0.05) is 30.3 Å². The first-order valence-electron chi connectivity index (χ1n) is 7.83. The number of ketones is 2. The van der Waals surface area contributed by atoms with Crippen LogP contribution in [0.25, 0.3) is 22.8 Å². The van der Waals surface area contributed by atoms with Crippen molar-refractivity contribution in [3.63, 3.8) is 0 Å². The number of hydrogen-bond donors (Lipinski definition) is 1. The fourth-order valence-electron chi connectivity index (χ4n) is 3.22. The zero-order valence-electron chi connectivity index (χ0n) is 13.4. The van der Waals surface area contributed by atoms with Crippen molar-refractivity contribution in [1.82, 2.24) is 0 Å². The lowest BCUT2D eigenvalue weighted by atomic mass is 9.97. The van der Waals surface area contributed by atoms with Crippen LogP contribution in [0.15, 0.2) is 59.4 Å². The molecule has 0 fully saturated rings. The lowest BCUT2D eigenvalue weighted by Gasteiger charge is -2.07. The normalized spacial score (nSPS) is 16.1. The molecule has 0 amide bonds. The maximum atomic E-state index is 12.4. The highest BCUT2D eigenvalue weighted by atomic mass is 16.1. The number of allylic oxidation sites excluding steroid dienone is 2. The fraction of sp³-hybridized carbons (Fsp3) is 0. The van der Waals surface area contributed by atoms with E-state index < -0.39 is 0 Å². The minimum Gasteiger partial charge on any atom is -0.287 e. The third-order valence-corrected chi connectivity index (χ3v) is 4.48. The molecule has 0 saturated carbocycles. The van der Waals surface area contributed by atoms with Crippen LogP contribution in [0.1, 0.15) is 15.9 Å². The van der Waals surface area contributed by atoms with Gasteiger partial charge in [-0.3, -0.25) is 9.59 Å². The summed E-state index contributed by atoms with van der Waals surface area (Å²) in [5.74, 6) is -0.627. The highest BCUT2D eigenvalue weighted by Gasteiger charge is 2.25. The maximum absolute atomic E-state index is 12.4. The molecule has 6 heteroatoms. The van der Waals surface area contributed by atoms with Gasteiger partial charge >= 0.3 is 5.70 Å². The topological polar surface area (TPSA) is 98.5 Å². The van der Waals surface area contributed by atoms with Crippen LogP contribution in [-0.2, 0) is 4.79 Å². The van der Waals surface area contributed by atoms with Gasteiger partial charge in [-0.2, -0.15) is 5.11 Å². The first kappa shape index (κ1) is 15.5. The second-order valence-electron chi connectivity index (χ2n) is 5.87. The average Bonchev–Trinajstić information content (AvgIpc) is 2.67. The second-order valence-corrected chi connectivity index (χ2v) is 5.87. The van der Waals surface area contributed by atoms with Crippen LogP contribution in [-0.4, -0.2) is 11.6 Å². The Morgan fingerprint density at radius 3 is 2.62 bits per heavy atom. The van der Waals surface area contributed by atoms with E-state index in [0.717, 1.165) is 21.2 Å². The van der Waals surface area contributed by atoms with E-state index in [1.807, 2.05) is 18.2 Å². The van der Waals surface area contributed by atoms with Gasteiger partial charge in [-0.15, -0.1) is 0 Å². The first-order valence-corrected chi connectivity index (χ1v) is 7.83. The third-order valence-electron chi connectivity index (χ3n) is 4.48. The molecule has 6 nitrogen and oxygen atoms in total. The van der Waals surface area contributed by atoms with E-state index in [4.69, 9.17) is 10.9 Å². The van der Waals surface area contributed by atoms with Crippen molar-refractivity contribution >= 4 is 29.4 Å². The van der Waals surface area contributed by atoms with Crippen molar-refractivity contribution in [3.8, 4) is 0 Å². The summed E-state index contributed by atoms with van der Waals surface area (Å²) < 4.78 is 0. The van der Waals surface area contributed by atoms with Gasteiger partial charge in [0, 0.05) is 5.56 Å². The van der Waals surface area contributed by atoms with E-state index in [9.17, 15) is 9.59 Å². The van der Waals surface area contributed by atoms with Crippen LogP contribution < -0.4 is 10.4 Å². The smallest absolute Gasteiger partial charge is 0.287 e. The van der Waals surface area contributed by atoms with E-state index in [0.29, 0.717) is 10.8 Å². The van der Waals surface area contributed by atoms with E-state index in [2.05, 4.69) is 10.1 Å². The molecule has 4 rings (SSSR count). The van der Waals surface area contributed by atoms with Gasteiger partial charge in [0.05, 0.1) is 5.22 Å². The molecule has 2 aromatic rings. The summed E-state index contributed by atoms with van der Waals surface area (Å²) in [6, 6.07) is 10.8. The van der Waals surface area contributed by atoms with Gasteiger partial charge in [0.2, 0.25) is 11.2 Å². The maximum Gasteiger partial charge on any atom is 0.439 e. The molecule has 26 heavy (non-hydrogen) atoms. The van der Waals surface area contributed by atoms with Crippen molar-refractivity contribution < 1.29 is 9.59 Å². The molecule has 2 aromatic carbocycles. The molecule has 0 bridgehead atoms. The van der Waals surface area contributed by atoms with Crippen LogP contribution in [0.3, 0.4) is 0 Å². The summed E-state index contributed by atoms with van der Waals surface area (Å²) in [7, 11) is 0. The van der Waals surface area contributed by atoms with E-state index >= 15 is 0 Å². The van der Waals surface area contributed by atoms with Gasteiger partial charge < -0.3 is 0 Å². The largest absolute Gasteiger partial charge is 0.439 e. The van der Waals surface area contributed by atoms with Crippen LogP contribution in [0.2, 0.25) is 0 Å². The van der Waals surface area contributed by atoms with Gasteiger partial charge in [-0.25, -0.2) is 5.53 Å². The standard InChI is InChI=1S/C20H11N4O2/c21-23-17-8-7-15-13(2-1-3-16(15)20(17)26)11-4-6-14-12(10-11)5-9-18(25)19(14)24-22/h1-10,21H/q+1. The Bertz CT molecular complexity index is 1340. The molecule has 0 atom stereocenters. The lowest BCUT2D eigenvalue weighted by molar-refractivity contribution is -0.109. The van der Waals surface area contributed by atoms with Gasteiger partial charge in [0.25, 0.3) is 5.78 Å². The van der Waals surface area contributed by atoms with Crippen molar-refractivity contribution in [2.24, 2.45) is 5.11 Å². The molecular weight excluding hydrogens is 328 g/mol. The van der Waals surface area contributed by atoms with Crippen LogP contribution in [0.5, 0.6) is 0 Å². The molecule has 2 aliphatic carbocycles. The lowest BCUT2D eigenvalue weighted by Crippen LogP contribution is -2.21. The monoisotopic (exact) mass is 339 g/mol. The number of benzene rings is 2.